The van der Waals surface area contributed by atoms with Crippen molar-refractivity contribution in [3.05, 3.63) is 12.2 Å². The second-order valence-corrected chi connectivity index (χ2v) is 4.60. The molecule has 2 aliphatic rings. The fourth-order valence-corrected chi connectivity index (χ4v) is 2.00. The maximum absolute atomic E-state index is 11.7. The second-order valence-electron chi connectivity index (χ2n) is 4.60. The lowest BCUT2D eigenvalue weighted by molar-refractivity contribution is -0.129. The number of carbonyl (C=O) groups is 1. The van der Waals surface area contributed by atoms with Crippen LogP contribution < -0.4 is 5.32 Å². The van der Waals surface area contributed by atoms with Gasteiger partial charge in [-0.2, -0.15) is 0 Å². The number of nitrogens with zero attached hydrogens (tertiary/aromatic N) is 1. The van der Waals surface area contributed by atoms with Crippen LogP contribution in [-0.4, -0.2) is 36.5 Å². The van der Waals surface area contributed by atoms with E-state index in [1.807, 2.05) is 11.9 Å². The molecule has 84 valence electrons. The van der Waals surface area contributed by atoms with E-state index in [1.165, 1.54) is 12.8 Å². The van der Waals surface area contributed by atoms with E-state index in [2.05, 4.69) is 17.5 Å². The average Bonchev–Trinajstić information content (AvgIpc) is 3.10. The van der Waals surface area contributed by atoms with Gasteiger partial charge in [0.15, 0.2) is 0 Å². The van der Waals surface area contributed by atoms with Gasteiger partial charge in [-0.1, -0.05) is 12.2 Å². The first-order chi connectivity index (χ1) is 7.27. The Morgan fingerprint density at radius 2 is 2.20 bits per heavy atom. The highest BCUT2D eigenvalue weighted by Crippen LogP contribution is 2.25. The molecule has 1 fully saturated rings. The highest BCUT2D eigenvalue weighted by Gasteiger charge is 2.29. The zero-order chi connectivity index (χ0) is 10.7. The third-order valence-corrected chi connectivity index (χ3v) is 3.30. The Morgan fingerprint density at radius 3 is 2.80 bits per heavy atom. The minimum Gasteiger partial charge on any atom is -0.342 e. The van der Waals surface area contributed by atoms with Crippen molar-refractivity contribution in [2.45, 2.75) is 44.2 Å². The molecule has 2 aliphatic carbocycles. The number of carbonyl (C=O) groups excluding carboxylic acids is 1. The summed E-state index contributed by atoms with van der Waals surface area (Å²) in [7, 11) is 1.92. The van der Waals surface area contributed by atoms with Crippen LogP contribution in [0.4, 0.5) is 0 Å². The van der Waals surface area contributed by atoms with Crippen LogP contribution in [0.15, 0.2) is 12.2 Å². The summed E-state index contributed by atoms with van der Waals surface area (Å²) in [5.41, 5.74) is 0. The number of hydrogen-bond donors (Lipinski definition) is 1. The Labute approximate surface area is 91.5 Å². The molecule has 1 saturated carbocycles. The van der Waals surface area contributed by atoms with Gasteiger partial charge in [-0.3, -0.25) is 4.79 Å². The summed E-state index contributed by atoms with van der Waals surface area (Å²) in [5, 5.41) is 3.34. The summed E-state index contributed by atoms with van der Waals surface area (Å²) in [6.45, 7) is 0.505. The largest absolute Gasteiger partial charge is 0.342 e. The van der Waals surface area contributed by atoms with E-state index < -0.39 is 0 Å². The quantitative estimate of drug-likeness (QED) is 0.706. The zero-order valence-corrected chi connectivity index (χ0v) is 9.41. The van der Waals surface area contributed by atoms with Crippen LogP contribution in [0.2, 0.25) is 0 Å². The zero-order valence-electron chi connectivity index (χ0n) is 9.41. The Kier molecular flexibility index (Phi) is 3.41. The lowest BCUT2D eigenvalue weighted by atomic mass is 10.0. The molecule has 1 unspecified atom stereocenters. The maximum Gasteiger partial charge on any atom is 0.236 e. The molecule has 3 heteroatoms. The van der Waals surface area contributed by atoms with Crippen LogP contribution in [0, 0.1) is 0 Å². The van der Waals surface area contributed by atoms with Gasteiger partial charge < -0.3 is 10.2 Å². The van der Waals surface area contributed by atoms with Crippen LogP contribution >= 0.6 is 0 Å². The molecule has 0 radical (unpaired) electrons. The van der Waals surface area contributed by atoms with Gasteiger partial charge in [0.1, 0.15) is 0 Å². The third kappa shape index (κ3) is 3.06. The summed E-state index contributed by atoms with van der Waals surface area (Å²) in [6.07, 6.45) is 10.2. The number of nitrogens with one attached hydrogen (secondary N) is 1. The Bertz CT molecular complexity index is 258. The van der Waals surface area contributed by atoms with Crippen LogP contribution in [0.5, 0.6) is 0 Å². The van der Waals surface area contributed by atoms with Crippen molar-refractivity contribution in [1.82, 2.24) is 10.2 Å². The van der Waals surface area contributed by atoms with Crippen LogP contribution in [0.1, 0.15) is 32.1 Å². The van der Waals surface area contributed by atoms with E-state index in [0.717, 1.165) is 19.3 Å². The third-order valence-electron chi connectivity index (χ3n) is 3.30. The van der Waals surface area contributed by atoms with E-state index in [1.54, 1.807) is 0 Å². The first-order valence-electron chi connectivity index (χ1n) is 5.91. The summed E-state index contributed by atoms with van der Waals surface area (Å²) in [4.78, 5) is 13.6. The van der Waals surface area contributed by atoms with Gasteiger partial charge in [-0.15, -0.1) is 0 Å². The lowest BCUT2D eigenvalue weighted by Crippen LogP contribution is -2.41. The van der Waals surface area contributed by atoms with E-state index in [0.29, 0.717) is 18.6 Å². The van der Waals surface area contributed by atoms with Gasteiger partial charge in [0.05, 0.1) is 6.54 Å². The smallest absolute Gasteiger partial charge is 0.236 e. The molecule has 15 heavy (non-hydrogen) atoms. The highest BCUT2D eigenvalue weighted by molar-refractivity contribution is 5.78. The van der Waals surface area contributed by atoms with Gasteiger partial charge >= 0.3 is 0 Å². The van der Waals surface area contributed by atoms with Gasteiger partial charge in [0.2, 0.25) is 5.91 Å². The Morgan fingerprint density at radius 1 is 1.40 bits per heavy atom. The molecule has 0 heterocycles. The number of allylic oxidation sites excluding steroid dienone is 1. The standard InChI is InChI=1S/C12H20N2O/c1-14(11-7-8-11)12(15)9-13-10-5-3-2-4-6-10/h2-3,10-11,13H,4-9H2,1H3. The molecule has 0 aliphatic heterocycles. The number of hydrogen-bond acceptors (Lipinski definition) is 2. The molecule has 0 aromatic rings. The summed E-state index contributed by atoms with van der Waals surface area (Å²) in [5.74, 6) is 0.243. The van der Waals surface area contributed by atoms with Crippen molar-refractivity contribution < 1.29 is 4.79 Å². The highest BCUT2D eigenvalue weighted by atomic mass is 16.2. The molecule has 0 bridgehead atoms. The Balaban J connectivity index is 1.67. The van der Waals surface area contributed by atoms with Crippen molar-refractivity contribution in [3.63, 3.8) is 0 Å². The molecule has 1 amide bonds. The van der Waals surface area contributed by atoms with Crippen LogP contribution in [0.25, 0.3) is 0 Å². The van der Waals surface area contributed by atoms with E-state index >= 15 is 0 Å². The Hall–Kier alpha value is -0.830. The number of rotatable bonds is 4. The molecule has 0 spiro atoms. The van der Waals surface area contributed by atoms with Gasteiger partial charge in [0.25, 0.3) is 0 Å². The molecule has 0 saturated heterocycles. The van der Waals surface area contributed by atoms with Crippen molar-refractivity contribution >= 4 is 5.91 Å². The van der Waals surface area contributed by atoms with E-state index in [9.17, 15) is 4.79 Å². The van der Waals surface area contributed by atoms with Crippen molar-refractivity contribution in [2.24, 2.45) is 0 Å². The fourth-order valence-electron chi connectivity index (χ4n) is 2.00. The predicted octanol–water partition coefficient (Wildman–Crippen LogP) is 1.31. The number of amides is 1. The normalized spacial score (nSPS) is 25.3. The lowest BCUT2D eigenvalue weighted by Gasteiger charge is -2.22. The summed E-state index contributed by atoms with van der Waals surface area (Å²) in [6, 6.07) is 1.04. The summed E-state index contributed by atoms with van der Waals surface area (Å²) >= 11 is 0. The molecular formula is C12H20N2O. The van der Waals surface area contributed by atoms with Crippen molar-refractivity contribution in [3.8, 4) is 0 Å². The van der Waals surface area contributed by atoms with Gasteiger partial charge in [0, 0.05) is 19.1 Å². The molecule has 2 rings (SSSR count). The SMILES string of the molecule is CN(C(=O)CNC1CC=CCC1)C1CC1. The van der Waals surface area contributed by atoms with E-state index in [-0.39, 0.29) is 5.91 Å². The monoisotopic (exact) mass is 208 g/mol. The molecule has 1 atom stereocenters. The number of likely N-dealkylation sites (N-methyl/N-ethyl adjacent to an activating group) is 1. The first-order valence-corrected chi connectivity index (χ1v) is 5.91. The topological polar surface area (TPSA) is 32.3 Å². The molecule has 0 aromatic heterocycles. The van der Waals surface area contributed by atoms with Crippen LogP contribution in [-0.2, 0) is 4.79 Å². The molecular weight excluding hydrogens is 188 g/mol. The predicted molar refractivity (Wildman–Crippen MR) is 60.6 cm³/mol. The average molecular weight is 208 g/mol. The second kappa shape index (κ2) is 4.79. The molecule has 3 nitrogen and oxygen atoms in total. The molecule has 1 N–H and O–H groups in total. The summed E-state index contributed by atoms with van der Waals surface area (Å²) < 4.78 is 0. The van der Waals surface area contributed by atoms with Crippen molar-refractivity contribution in [1.29, 1.82) is 0 Å². The fraction of sp³-hybridized carbons (Fsp3) is 0.750. The van der Waals surface area contributed by atoms with Crippen molar-refractivity contribution in [2.75, 3.05) is 13.6 Å². The minimum absolute atomic E-state index is 0.243. The maximum atomic E-state index is 11.7. The molecule has 0 aromatic carbocycles. The van der Waals surface area contributed by atoms with E-state index in [4.69, 9.17) is 0 Å². The first kappa shape index (κ1) is 10.7. The minimum atomic E-state index is 0.243. The van der Waals surface area contributed by atoms with Gasteiger partial charge in [-0.05, 0) is 32.1 Å². The van der Waals surface area contributed by atoms with Crippen LogP contribution in [0.3, 0.4) is 0 Å². The van der Waals surface area contributed by atoms with Gasteiger partial charge in [-0.25, -0.2) is 0 Å².